The minimum atomic E-state index is 0.0766. The Balaban J connectivity index is 1.83. The highest BCUT2D eigenvalue weighted by molar-refractivity contribution is 5.80. The number of carbonyl (C=O) groups excluding carboxylic acids is 1. The van der Waals surface area contributed by atoms with Crippen molar-refractivity contribution in [3.63, 3.8) is 0 Å². The zero-order chi connectivity index (χ0) is 13.5. The largest absolute Gasteiger partial charge is 0.376 e. The molecule has 0 aliphatic heterocycles. The molecule has 1 amide bonds. The van der Waals surface area contributed by atoms with Gasteiger partial charge in [0.15, 0.2) is 0 Å². The molecular formula is C16H18N2O. The Morgan fingerprint density at radius 2 is 1.58 bits per heavy atom. The highest BCUT2D eigenvalue weighted by Crippen LogP contribution is 2.06. The lowest BCUT2D eigenvalue weighted by atomic mass is 10.2. The van der Waals surface area contributed by atoms with Gasteiger partial charge in [-0.3, -0.25) is 4.79 Å². The summed E-state index contributed by atoms with van der Waals surface area (Å²) in [6.45, 7) is 0.948. The Hall–Kier alpha value is -2.29. The van der Waals surface area contributed by atoms with Crippen molar-refractivity contribution >= 4 is 11.6 Å². The van der Waals surface area contributed by atoms with E-state index in [4.69, 9.17) is 0 Å². The van der Waals surface area contributed by atoms with E-state index in [2.05, 4.69) is 5.32 Å². The van der Waals surface area contributed by atoms with E-state index >= 15 is 0 Å². The standard InChI is InChI=1S/C16H18N2O/c1-18(13-14-8-4-2-5-9-14)16(19)12-17-15-10-6-3-7-11-15/h2-11,17H,12-13H2,1H3. The average Bonchev–Trinajstić information content (AvgIpc) is 2.47. The summed E-state index contributed by atoms with van der Waals surface area (Å²) in [5, 5.41) is 3.12. The number of rotatable bonds is 5. The molecule has 0 aliphatic rings. The minimum Gasteiger partial charge on any atom is -0.376 e. The molecule has 0 unspecified atom stereocenters. The number of anilines is 1. The van der Waals surface area contributed by atoms with Crippen molar-refractivity contribution in [3.05, 3.63) is 66.2 Å². The molecule has 98 valence electrons. The number of likely N-dealkylation sites (N-methyl/N-ethyl adjacent to an activating group) is 1. The zero-order valence-electron chi connectivity index (χ0n) is 11.0. The first-order valence-electron chi connectivity index (χ1n) is 6.32. The molecule has 0 atom stereocenters. The van der Waals surface area contributed by atoms with Crippen LogP contribution in [0.15, 0.2) is 60.7 Å². The number of carbonyl (C=O) groups is 1. The molecule has 1 N–H and O–H groups in total. The summed E-state index contributed by atoms with van der Waals surface area (Å²) in [6, 6.07) is 19.7. The summed E-state index contributed by atoms with van der Waals surface area (Å²) in [6.07, 6.45) is 0. The Morgan fingerprint density at radius 1 is 1.00 bits per heavy atom. The quantitative estimate of drug-likeness (QED) is 0.889. The van der Waals surface area contributed by atoms with Gasteiger partial charge in [0, 0.05) is 19.3 Å². The molecule has 0 bridgehead atoms. The number of para-hydroxylation sites is 1. The molecule has 2 rings (SSSR count). The molecule has 19 heavy (non-hydrogen) atoms. The smallest absolute Gasteiger partial charge is 0.241 e. The van der Waals surface area contributed by atoms with Crippen molar-refractivity contribution in [1.82, 2.24) is 4.90 Å². The van der Waals surface area contributed by atoms with Crippen LogP contribution < -0.4 is 5.32 Å². The van der Waals surface area contributed by atoms with Gasteiger partial charge in [0.25, 0.3) is 0 Å². The van der Waals surface area contributed by atoms with Crippen molar-refractivity contribution in [2.45, 2.75) is 6.54 Å². The summed E-state index contributed by atoms with van der Waals surface area (Å²) in [4.78, 5) is 13.7. The number of hydrogen-bond acceptors (Lipinski definition) is 2. The maximum atomic E-state index is 12.0. The van der Waals surface area contributed by atoms with E-state index in [1.807, 2.05) is 67.7 Å². The number of hydrogen-bond donors (Lipinski definition) is 1. The summed E-state index contributed by atoms with van der Waals surface area (Å²) >= 11 is 0. The Bertz CT molecular complexity index is 511. The van der Waals surface area contributed by atoms with Crippen LogP contribution in [0.2, 0.25) is 0 Å². The number of nitrogens with one attached hydrogen (secondary N) is 1. The maximum Gasteiger partial charge on any atom is 0.241 e. The highest BCUT2D eigenvalue weighted by atomic mass is 16.2. The van der Waals surface area contributed by atoms with Gasteiger partial charge in [-0.15, -0.1) is 0 Å². The van der Waals surface area contributed by atoms with E-state index in [9.17, 15) is 4.79 Å². The van der Waals surface area contributed by atoms with Gasteiger partial charge < -0.3 is 10.2 Å². The van der Waals surface area contributed by atoms with Gasteiger partial charge in [-0.1, -0.05) is 48.5 Å². The van der Waals surface area contributed by atoms with E-state index in [-0.39, 0.29) is 5.91 Å². The lowest BCUT2D eigenvalue weighted by Gasteiger charge is -2.18. The van der Waals surface area contributed by atoms with Crippen LogP contribution in [0.4, 0.5) is 5.69 Å². The molecule has 0 radical (unpaired) electrons. The molecule has 0 aromatic heterocycles. The van der Waals surface area contributed by atoms with Gasteiger partial charge in [-0.25, -0.2) is 0 Å². The molecule has 3 nitrogen and oxygen atoms in total. The fraction of sp³-hybridized carbons (Fsp3) is 0.188. The van der Waals surface area contributed by atoms with Gasteiger partial charge >= 0.3 is 0 Å². The first kappa shape index (κ1) is 13.1. The van der Waals surface area contributed by atoms with E-state index in [0.717, 1.165) is 11.3 Å². The van der Waals surface area contributed by atoms with Crippen molar-refractivity contribution in [2.75, 3.05) is 18.9 Å². The van der Waals surface area contributed by atoms with E-state index < -0.39 is 0 Å². The summed E-state index contributed by atoms with van der Waals surface area (Å²) < 4.78 is 0. The van der Waals surface area contributed by atoms with Gasteiger partial charge in [0.1, 0.15) is 0 Å². The van der Waals surface area contributed by atoms with Crippen molar-refractivity contribution < 1.29 is 4.79 Å². The van der Waals surface area contributed by atoms with Gasteiger partial charge in [0.2, 0.25) is 5.91 Å². The second kappa shape index (κ2) is 6.59. The molecule has 0 saturated heterocycles. The van der Waals surface area contributed by atoms with Crippen LogP contribution in [0.5, 0.6) is 0 Å². The molecule has 0 saturated carbocycles. The molecule has 2 aromatic rings. The molecule has 0 fully saturated rings. The lowest BCUT2D eigenvalue weighted by Crippen LogP contribution is -2.31. The fourth-order valence-electron chi connectivity index (χ4n) is 1.81. The second-order valence-corrected chi connectivity index (χ2v) is 4.45. The Labute approximate surface area is 113 Å². The van der Waals surface area contributed by atoms with Crippen LogP contribution in [-0.2, 0) is 11.3 Å². The lowest BCUT2D eigenvalue weighted by molar-refractivity contribution is -0.128. The number of nitrogens with zero attached hydrogens (tertiary/aromatic N) is 1. The fourth-order valence-corrected chi connectivity index (χ4v) is 1.81. The van der Waals surface area contributed by atoms with Gasteiger partial charge in [-0.05, 0) is 17.7 Å². The van der Waals surface area contributed by atoms with Gasteiger partial charge in [-0.2, -0.15) is 0 Å². The van der Waals surface area contributed by atoms with Gasteiger partial charge in [0.05, 0.1) is 6.54 Å². The van der Waals surface area contributed by atoms with Crippen LogP contribution in [0.3, 0.4) is 0 Å². The van der Waals surface area contributed by atoms with E-state index in [0.29, 0.717) is 13.1 Å². The van der Waals surface area contributed by atoms with E-state index in [1.54, 1.807) is 4.90 Å². The average molecular weight is 254 g/mol. The van der Waals surface area contributed by atoms with Crippen LogP contribution in [0.25, 0.3) is 0 Å². The van der Waals surface area contributed by atoms with E-state index in [1.165, 1.54) is 0 Å². The first-order valence-corrected chi connectivity index (χ1v) is 6.32. The third kappa shape index (κ3) is 4.14. The van der Waals surface area contributed by atoms with Crippen molar-refractivity contribution in [2.24, 2.45) is 0 Å². The van der Waals surface area contributed by atoms with Crippen LogP contribution in [0.1, 0.15) is 5.56 Å². The topological polar surface area (TPSA) is 32.3 Å². The molecule has 3 heteroatoms. The van der Waals surface area contributed by atoms with Crippen molar-refractivity contribution in [1.29, 1.82) is 0 Å². The van der Waals surface area contributed by atoms with Crippen LogP contribution >= 0.6 is 0 Å². The second-order valence-electron chi connectivity index (χ2n) is 4.45. The third-order valence-electron chi connectivity index (χ3n) is 2.91. The number of benzene rings is 2. The van der Waals surface area contributed by atoms with Crippen LogP contribution in [0, 0.1) is 0 Å². The summed E-state index contributed by atoms with van der Waals surface area (Å²) in [7, 11) is 1.82. The molecule has 2 aromatic carbocycles. The third-order valence-corrected chi connectivity index (χ3v) is 2.91. The predicted octanol–water partition coefficient (Wildman–Crippen LogP) is 2.76. The van der Waals surface area contributed by atoms with Crippen LogP contribution in [-0.4, -0.2) is 24.4 Å². The predicted molar refractivity (Wildman–Crippen MR) is 77.8 cm³/mol. The SMILES string of the molecule is CN(Cc1ccccc1)C(=O)CNc1ccccc1. The zero-order valence-corrected chi connectivity index (χ0v) is 11.0. The summed E-state index contributed by atoms with van der Waals surface area (Å²) in [5.74, 6) is 0.0766. The van der Waals surface area contributed by atoms with Crippen molar-refractivity contribution in [3.8, 4) is 0 Å². The summed E-state index contributed by atoms with van der Waals surface area (Å²) in [5.41, 5.74) is 2.10. The first-order chi connectivity index (χ1) is 9.25. The highest BCUT2D eigenvalue weighted by Gasteiger charge is 2.08. The number of amides is 1. The Kier molecular flexibility index (Phi) is 4.56. The molecule has 0 spiro atoms. The molecular weight excluding hydrogens is 236 g/mol. The minimum absolute atomic E-state index is 0.0766. The Morgan fingerprint density at radius 3 is 2.21 bits per heavy atom. The monoisotopic (exact) mass is 254 g/mol. The maximum absolute atomic E-state index is 12.0. The normalized spacial score (nSPS) is 9.95. The molecule has 0 heterocycles. The molecule has 0 aliphatic carbocycles.